The molecule has 6 rings (SSSR count). The predicted octanol–water partition coefficient (Wildman–Crippen LogP) is 5.53. The van der Waals surface area contributed by atoms with Crippen LogP contribution < -0.4 is 10.9 Å². The van der Waals surface area contributed by atoms with Gasteiger partial charge < -0.3 is 9.88 Å². The first-order valence-electron chi connectivity index (χ1n) is 14.2. The molecule has 0 bridgehead atoms. The fourth-order valence-electron chi connectivity index (χ4n) is 5.56. The minimum atomic E-state index is -2.56. The minimum absolute atomic E-state index is 0.00751. The molecule has 0 saturated heterocycles. The number of hydrogen-bond donors (Lipinski definition) is 1. The highest BCUT2D eigenvalue weighted by Crippen LogP contribution is 2.48. The van der Waals surface area contributed by atoms with Crippen LogP contribution >= 0.6 is 0 Å². The average molecular weight is 583 g/mol. The zero-order valence-corrected chi connectivity index (χ0v) is 24.5. The lowest BCUT2D eigenvalue weighted by molar-refractivity contribution is 0.0593. The van der Waals surface area contributed by atoms with Gasteiger partial charge in [0.05, 0.1) is 16.8 Å². The van der Waals surface area contributed by atoms with Crippen LogP contribution in [-0.2, 0) is 19.0 Å². The van der Waals surface area contributed by atoms with Crippen molar-refractivity contribution in [2.24, 2.45) is 12.5 Å². The molecule has 0 spiro atoms. The highest BCUT2D eigenvalue weighted by atomic mass is 19.3. The summed E-state index contributed by atoms with van der Waals surface area (Å²) in [7, 11) is 1.70. The second-order valence-electron chi connectivity index (χ2n) is 12.6. The Morgan fingerprint density at radius 1 is 1.12 bits per heavy atom. The maximum absolute atomic E-state index is 14.0. The van der Waals surface area contributed by atoms with Crippen molar-refractivity contribution in [1.82, 2.24) is 29.5 Å². The van der Waals surface area contributed by atoms with Gasteiger partial charge in [-0.05, 0) is 65.5 Å². The molecule has 0 amide bonds. The molecule has 0 radical (unpaired) electrons. The number of aryl methyl sites for hydroxylation is 1. The van der Waals surface area contributed by atoms with E-state index in [-0.39, 0.29) is 11.0 Å². The van der Waals surface area contributed by atoms with Crippen LogP contribution in [-0.4, -0.2) is 42.5 Å². The second kappa shape index (κ2) is 10.5. The number of rotatable bonds is 8. The number of aromatic nitrogens is 6. The largest absolute Gasteiger partial charge is 0.369 e. The van der Waals surface area contributed by atoms with E-state index < -0.39 is 17.9 Å². The van der Waals surface area contributed by atoms with Crippen LogP contribution in [0.25, 0.3) is 21.7 Å². The molecule has 1 aliphatic rings. The van der Waals surface area contributed by atoms with E-state index in [1.165, 1.54) is 15.6 Å². The Kier molecular flexibility index (Phi) is 6.95. The zero-order valence-electron chi connectivity index (χ0n) is 24.5. The van der Waals surface area contributed by atoms with Gasteiger partial charge in [-0.25, -0.2) is 23.4 Å². The third kappa shape index (κ3) is 5.22. The second-order valence-corrected chi connectivity index (χ2v) is 12.6. The van der Waals surface area contributed by atoms with Crippen molar-refractivity contribution in [3.8, 4) is 6.07 Å². The van der Waals surface area contributed by atoms with Gasteiger partial charge in [0.2, 0.25) is 0 Å². The molecule has 43 heavy (non-hydrogen) atoms. The monoisotopic (exact) mass is 582 g/mol. The number of benzene rings is 2. The molecular weight excluding hydrogens is 550 g/mol. The van der Waals surface area contributed by atoms with E-state index in [2.05, 4.69) is 52.4 Å². The summed E-state index contributed by atoms with van der Waals surface area (Å²) in [6, 6.07) is 13.4. The van der Waals surface area contributed by atoms with Gasteiger partial charge in [-0.2, -0.15) is 5.26 Å². The average Bonchev–Trinajstić information content (AvgIpc) is 3.66. The van der Waals surface area contributed by atoms with Crippen molar-refractivity contribution in [1.29, 1.82) is 5.26 Å². The smallest absolute Gasteiger partial charge is 0.263 e. The number of nitrogens with one attached hydrogen (secondary N) is 1. The lowest BCUT2D eigenvalue weighted by atomic mass is 9.86. The summed E-state index contributed by atoms with van der Waals surface area (Å²) in [5, 5.41) is 24.0. The van der Waals surface area contributed by atoms with Gasteiger partial charge in [0, 0.05) is 42.7 Å². The Labute approximate surface area is 247 Å². The topological polar surface area (TPSA) is 114 Å². The number of anilines is 1. The van der Waals surface area contributed by atoms with Gasteiger partial charge in [0.1, 0.15) is 23.8 Å². The maximum atomic E-state index is 14.0. The van der Waals surface area contributed by atoms with Gasteiger partial charge in [0.15, 0.2) is 0 Å². The zero-order chi connectivity index (χ0) is 30.5. The third-order valence-electron chi connectivity index (χ3n) is 8.17. The van der Waals surface area contributed by atoms with Gasteiger partial charge in [0.25, 0.3) is 12.0 Å². The van der Waals surface area contributed by atoms with Crippen molar-refractivity contribution < 1.29 is 8.78 Å². The SMILES string of the molecule is Cn1ccc2c([C@H](Cc3cc(C#N)c4ncnc(NCC(C)(C)C)c4c3)c3cn(C4(C(F)F)CC4)nn3)cccc2c1=O. The summed E-state index contributed by atoms with van der Waals surface area (Å²) in [5.74, 6) is 0.180. The summed E-state index contributed by atoms with van der Waals surface area (Å²) < 4.78 is 30.7. The normalized spacial score (nSPS) is 15.1. The highest BCUT2D eigenvalue weighted by Gasteiger charge is 2.54. The van der Waals surface area contributed by atoms with Crippen molar-refractivity contribution in [2.75, 3.05) is 11.9 Å². The molecule has 3 aromatic heterocycles. The molecule has 3 heterocycles. The van der Waals surface area contributed by atoms with Crippen LogP contribution in [0.15, 0.2) is 59.9 Å². The highest BCUT2D eigenvalue weighted by molar-refractivity contribution is 5.93. The first-order valence-corrected chi connectivity index (χ1v) is 14.2. The number of fused-ring (bicyclic) bond motifs is 2. The van der Waals surface area contributed by atoms with Gasteiger partial charge in [-0.1, -0.05) is 38.1 Å². The fraction of sp³-hybridized carbons (Fsp3) is 0.375. The summed E-state index contributed by atoms with van der Waals surface area (Å²) in [4.78, 5) is 21.9. The summed E-state index contributed by atoms with van der Waals surface area (Å²) in [6.45, 7) is 7.01. The molecule has 1 fully saturated rings. The van der Waals surface area contributed by atoms with Crippen LogP contribution in [0.3, 0.4) is 0 Å². The summed E-state index contributed by atoms with van der Waals surface area (Å²) in [6.07, 6.45) is 3.25. The number of alkyl halides is 2. The van der Waals surface area contributed by atoms with Crippen molar-refractivity contribution in [3.63, 3.8) is 0 Å². The lowest BCUT2D eigenvalue weighted by Gasteiger charge is -2.21. The number of hydrogen-bond acceptors (Lipinski definition) is 7. The molecule has 9 nitrogen and oxygen atoms in total. The number of halogens is 2. The van der Waals surface area contributed by atoms with Crippen LogP contribution in [0.4, 0.5) is 14.6 Å². The van der Waals surface area contributed by atoms with Crippen LogP contribution in [0.1, 0.15) is 61.9 Å². The first-order chi connectivity index (χ1) is 20.5. The molecule has 220 valence electrons. The Morgan fingerprint density at radius 3 is 2.60 bits per heavy atom. The Bertz CT molecular complexity index is 1950. The maximum Gasteiger partial charge on any atom is 0.263 e. The lowest BCUT2D eigenvalue weighted by Crippen LogP contribution is -2.26. The molecule has 1 N–H and O–H groups in total. The van der Waals surface area contributed by atoms with Gasteiger partial charge in [-0.3, -0.25) is 4.79 Å². The summed E-state index contributed by atoms with van der Waals surface area (Å²) in [5.41, 5.74) is 1.61. The van der Waals surface area contributed by atoms with Crippen LogP contribution in [0.5, 0.6) is 0 Å². The molecule has 11 heteroatoms. The number of pyridine rings is 1. The number of nitrogens with zero attached hydrogens (tertiary/aromatic N) is 7. The van der Waals surface area contributed by atoms with E-state index in [1.807, 2.05) is 24.3 Å². The van der Waals surface area contributed by atoms with Crippen LogP contribution in [0.2, 0.25) is 0 Å². The molecule has 1 atom stereocenters. The van der Waals surface area contributed by atoms with E-state index >= 15 is 0 Å². The van der Waals surface area contributed by atoms with E-state index in [9.17, 15) is 18.8 Å². The van der Waals surface area contributed by atoms with Gasteiger partial charge >= 0.3 is 0 Å². The van der Waals surface area contributed by atoms with Crippen molar-refractivity contribution in [2.45, 2.75) is 57.9 Å². The minimum Gasteiger partial charge on any atom is -0.369 e. The first kappa shape index (κ1) is 28.4. The quantitative estimate of drug-likeness (QED) is 0.256. The molecule has 1 saturated carbocycles. The molecule has 0 aliphatic heterocycles. The Hall–Kier alpha value is -4.72. The molecule has 1 aliphatic carbocycles. The van der Waals surface area contributed by atoms with E-state index in [4.69, 9.17) is 0 Å². The molecule has 5 aromatic rings. The van der Waals surface area contributed by atoms with E-state index in [0.717, 1.165) is 16.5 Å². The third-order valence-corrected chi connectivity index (χ3v) is 8.17. The molecule has 0 unspecified atom stereocenters. The van der Waals surface area contributed by atoms with E-state index in [1.54, 1.807) is 31.6 Å². The van der Waals surface area contributed by atoms with Gasteiger partial charge in [-0.15, -0.1) is 5.10 Å². The van der Waals surface area contributed by atoms with Crippen molar-refractivity contribution in [3.05, 3.63) is 87.9 Å². The van der Waals surface area contributed by atoms with Crippen molar-refractivity contribution >= 4 is 27.5 Å². The standard InChI is InChI=1S/C32H32F2N8O/c1-31(2,3)17-36-28-25-14-19(12-20(15-35)27(25)37-18-38-28)13-24(26-16-42(40-39-26)32(9-10-32)30(33)34)21-6-5-7-23-22(21)8-11-41(4)29(23)43/h5-8,11-12,14,16,18,24,30H,9-10,13,17H2,1-4H3,(H,36,37,38)/t24-/m0/s1. The van der Waals surface area contributed by atoms with E-state index in [0.29, 0.717) is 59.2 Å². The number of nitriles is 1. The predicted molar refractivity (Wildman–Crippen MR) is 160 cm³/mol. The van der Waals surface area contributed by atoms with Crippen LogP contribution in [0, 0.1) is 16.7 Å². The Morgan fingerprint density at radius 2 is 1.91 bits per heavy atom. The molecule has 2 aromatic carbocycles. The molecular formula is C32H32F2N8O. The summed E-state index contributed by atoms with van der Waals surface area (Å²) >= 11 is 0. The fourth-order valence-corrected chi connectivity index (χ4v) is 5.56. The Balaban J connectivity index is 1.50.